The summed E-state index contributed by atoms with van der Waals surface area (Å²) in [5.41, 5.74) is 0.631. The van der Waals surface area contributed by atoms with E-state index in [9.17, 15) is 4.79 Å². The number of hydrogen-bond donors (Lipinski definition) is 1. The molecule has 1 atom stereocenters. The molecule has 2 aromatic heterocycles. The number of piperidine rings is 1. The lowest BCUT2D eigenvalue weighted by Gasteiger charge is -2.34. The summed E-state index contributed by atoms with van der Waals surface area (Å²) in [5, 5.41) is 7.15. The summed E-state index contributed by atoms with van der Waals surface area (Å²) in [6, 6.07) is 5.30. The fourth-order valence-corrected chi connectivity index (χ4v) is 3.33. The van der Waals surface area contributed by atoms with Crippen LogP contribution in [0.5, 0.6) is 0 Å². The Morgan fingerprint density at radius 1 is 1.24 bits per heavy atom. The van der Waals surface area contributed by atoms with Gasteiger partial charge in [0, 0.05) is 37.6 Å². The lowest BCUT2D eigenvalue weighted by molar-refractivity contribution is -0.0959. The van der Waals surface area contributed by atoms with Crippen LogP contribution in [0.3, 0.4) is 0 Å². The number of nitrogens with zero attached hydrogens (tertiary/aromatic N) is 4. The monoisotopic (exact) mass is 343 g/mol. The van der Waals surface area contributed by atoms with Crippen molar-refractivity contribution in [2.24, 2.45) is 5.92 Å². The normalized spacial score (nSPS) is 21.4. The fourth-order valence-electron chi connectivity index (χ4n) is 3.33. The van der Waals surface area contributed by atoms with Crippen LogP contribution in [-0.2, 0) is 9.47 Å². The lowest BCUT2D eigenvalue weighted by atomic mass is 9.98. The molecule has 8 heteroatoms. The molecular formula is C17H21N5O3. The minimum absolute atomic E-state index is 0.135. The summed E-state index contributed by atoms with van der Waals surface area (Å²) >= 11 is 0. The number of rotatable bonds is 3. The third-order valence-electron chi connectivity index (χ3n) is 4.53. The topological polar surface area (TPSA) is 81.5 Å². The quantitative estimate of drug-likeness (QED) is 0.920. The molecule has 0 radical (unpaired) electrons. The Morgan fingerprint density at radius 3 is 2.92 bits per heavy atom. The molecule has 132 valence electrons. The maximum atomic E-state index is 12.7. The van der Waals surface area contributed by atoms with Crippen LogP contribution in [-0.4, -0.2) is 58.3 Å². The second-order valence-electron chi connectivity index (χ2n) is 6.21. The second kappa shape index (κ2) is 7.20. The fraction of sp³-hybridized carbons (Fsp3) is 0.471. The SMILES string of the molecule is O=C(Nc1cccnc1-n1cccn1)N1CCCC(C2OCCO2)C1. The first kappa shape index (κ1) is 16.0. The van der Waals surface area contributed by atoms with E-state index in [-0.39, 0.29) is 18.2 Å². The van der Waals surface area contributed by atoms with Gasteiger partial charge in [0.1, 0.15) is 0 Å². The highest BCUT2D eigenvalue weighted by Crippen LogP contribution is 2.26. The number of urea groups is 1. The number of pyridine rings is 1. The van der Waals surface area contributed by atoms with Crippen molar-refractivity contribution in [3.63, 3.8) is 0 Å². The van der Waals surface area contributed by atoms with Crippen molar-refractivity contribution in [2.75, 3.05) is 31.6 Å². The molecule has 1 N–H and O–H groups in total. The summed E-state index contributed by atoms with van der Waals surface area (Å²) in [6.45, 7) is 2.63. The predicted molar refractivity (Wildman–Crippen MR) is 90.4 cm³/mol. The van der Waals surface area contributed by atoms with Gasteiger partial charge in [0.2, 0.25) is 0 Å². The Balaban J connectivity index is 1.45. The Morgan fingerprint density at radius 2 is 2.12 bits per heavy atom. The van der Waals surface area contributed by atoms with E-state index < -0.39 is 0 Å². The lowest BCUT2D eigenvalue weighted by Crippen LogP contribution is -2.45. The number of likely N-dealkylation sites (tertiary alicyclic amines) is 1. The molecular weight excluding hydrogens is 322 g/mol. The number of ether oxygens (including phenoxy) is 2. The van der Waals surface area contributed by atoms with E-state index in [1.807, 2.05) is 17.0 Å². The van der Waals surface area contributed by atoms with E-state index in [4.69, 9.17) is 9.47 Å². The van der Waals surface area contributed by atoms with Gasteiger partial charge in [0.25, 0.3) is 0 Å². The van der Waals surface area contributed by atoms with Crippen LogP contribution in [0.1, 0.15) is 12.8 Å². The molecule has 0 aromatic carbocycles. The highest BCUT2D eigenvalue weighted by Gasteiger charge is 2.33. The third-order valence-corrected chi connectivity index (χ3v) is 4.53. The molecule has 2 aromatic rings. The Hall–Kier alpha value is -2.45. The molecule has 2 aliphatic rings. The van der Waals surface area contributed by atoms with E-state index in [1.54, 1.807) is 29.3 Å². The molecule has 4 rings (SSSR count). The van der Waals surface area contributed by atoms with Crippen molar-refractivity contribution < 1.29 is 14.3 Å². The summed E-state index contributed by atoms with van der Waals surface area (Å²) in [6.07, 6.45) is 6.92. The Bertz CT molecular complexity index is 715. The van der Waals surface area contributed by atoms with Crippen LogP contribution >= 0.6 is 0 Å². The molecule has 4 heterocycles. The van der Waals surface area contributed by atoms with E-state index in [1.165, 1.54) is 0 Å². The summed E-state index contributed by atoms with van der Waals surface area (Å²) in [7, 11) is 0. The van der Waals surface area contributed by atoms with E-state index in [2.05, 4.69) is 15.4 Å². The Labute approximate surface area is 145 Å². The smallest absolute Gasteiger partial charge is 0.321 e. The number of anilines is 1. The zero-order valence-corrected chi connectivity index (χ0v) is 13.9. The van der Waals surface area contributed by atoms with Gasteiger partial charge in [-0.05, 0) is 31.0 Å². The van der Waals surface area contributed by atoms with Crippen molar-refractivity contribution in [2.45, 2.75) is 19.1 Å². The highest BCUT2D eigenvalue weighted by atomic mass is 16.7. The Kier molecular flexibility index (Phi) is 4.62. The largest absolute Gasteiger partial charge is 0.350 e. The van der Waals surface area contributed by atoms with Crippen LogP contribution in [0.4, 0.5) is 10.5 Å². The van der Waals surface area contributed by atoms with Gasteiger partial charge in [-0.1, -0.05) is 0 Å². The second-order valence-corrected chi connectivity index (χ2v) is 6.21. The molecule has 25 heavy (non-hydrogen) atoms. The summed E-state index contributed by atoms with van der Waals surface area (Å²) in [4.78, 5) is 18.9. The predicted octanol–water partition coefficient (Wildman–Crippen LogP) is 1.88. The number of nitrogens with one attached hydrogen (secondary N) is 1. The van der Waals surface area contributed by atoms with Gasteiger partial charge < -0.3 is 19.7 Å². The maximum absolute atomic E-state index is 12.7. The standard InChI is InChI=1S/C17H21N5O3/c23-17(21-8-2-4-13(12-21)16-24-10-11-25-16)20-14-5-1-6-18-15(14)22-9-3-7-19-22/h1,3,5-7,9,13,16H,2,4,8,10-12H2,(H,20,23). The third kappa shape index (κ3) is 3.49. The van der Waals surface area contributed by atoms with Gasteiger partial charge in [0.15, 0.2) is 12.1 Å². The van der Waals surface area contributed by atoms with Crippen LogP contribution in [0.25, 0.3) is 5.82 Å². The van der Waals surface area contributed by atoms with Crippen molar-refractivity contribution >= 4 is 11.7 Å². The zero-order valence-electron chi connectivity index (χ0n) is 13.9. The van der Waals surface area contributed by atoms with Crippen LogP contribution in [0, 0.1) is 5.92 Å². The summed E-state index contributed by atoms with van der Waals surface area (Å²) in [5.74, 6) is 0.818. The van der Waals surface area contributed by atoms with Crippen molar-refractivity contribution in [1.82, 2.24) is 19.7 Å². The van der Waals surface area contributed by atoms with E-state index in [0.29, 0.717) is 31.3 Å². The number of carbonyl (C=O) groups is 1. The molecule has 0 aliphatic carbocycles. The van der Waals surface area contributed by atoms with Gasteiger partial charge in [-0.15, -0.1) is 0 Å². The van der Waals surface area contributed by atoms with Gasteiger partial charge in [-0.3, -0.25) is 0 Å². The number of amides is 2. The van der Waals surface area contributed by atoms with E-state index in [0.717, 1.165) is 19.4 Å². The molecule has 2 saturated heterocycles. The highest BCUT2D eigenvalue weighted by molar-refractivity contribution is 5.91. The van der Waals surface area contributed by atoms with Gasteiger partial charge in [-0.2, -0.15) is 5.10 Å². The molecule has 1 unspecified atom stereocenters. The van der Waals surface area contributed by atoms with Crippen LogP contribution in [0.15, 0.2) is 36.8 Å². The minimum atomic E-state index is -0.186. The first-order valence-electron chi connectivity index (χ1n) is 8.55. The summed E-state index contributed by atoms with van der Waals surface area (Å²) < 4.78 is 12.8. The first-order valence-corrected chi connectivity index (χ1v) is 8.55. The minimum Gasteiger partial charge on any atom is -0.350 e. The molecule has 0 saturated carbocycles. The van der Waals surface area contributed by atoms with Gasteiger partial charge in [-0.25, -0.2) is 14.5 Å². The average molecular weight is 343 g/mol. The number of aromatic nitrogens is 3. The zero-order chi connectivity index (χ0) is 17.1. The molecule has 2 fully saturated rings. The number of carbonyl (C=O) groups excluding carboxylic acids is 1. The maximum Gasteiger partial charge on any atom is 0.321 e. The van der Waals surface area contributed by atoms with Gasteiger partial charge in [0.05, 0.1) is 18.9 Å². The first-order chi connectivity index (χ1) is 12.3. The van der Waals surface area contributed by atoms with Gasteiger partial charge >= 0.3 is 6.03 Å². The van der Waals surface area contributed by atoms with E-state index >= 15 is 0 Å². The molecule has 0 bridgehead atoms. The molecule has 2 amide bonds. The average Bonchev–Trinajstić information content (AvgIpc) is 3.36. The molecule has 0 spiro atoms. The van der Waals surface area contributed by atoms with Crippen LogP contribution < -0.4 is 5.32 Å². The van der Waals surface area contributed by atoms with Crippen molar-refractivity contribution in [1.29, 1.82) is 0 Å². The van der Waals surface area contributed by atoms with Crippen LogP contribution in [0.2, 0.25) is 0 Å². The molecule has 2 aliphatic heterocycles. The van der Waals surface area contributed by atoms with Crippen molar-refractivity contribution in [3.8, 4) is 5.82 Å². The van der Waals surface area contributed by atoms with Crippen molar-refractivity contribution in [3.05, 3.63) is 36.8 Å². The molecule has 8 nitrogen and oxygen atoms in total. The number of hydrogen-bond acceptors (Lipinski definition) is 5.